The Morgan fingerprint density at radius 2 is 1.48 bits per heavy atom. The third kappa shape index (κ3) is 8.37. The van der Waals surface area contributed by atoms with Crippen LogP contribution in [0.5, 0.6) is 0 Å². The maximum atomic E-state index is 13.5. The number of benzene rings is 2. The van der Waals surface area contributed by atoms with Gasteiger partial charge in [-0.3, -0.25) is 14.9 Å². The third-order valence-corrected chi connectivity index (χ3v) is 8.64. The van der Waals surface area contributed by atoms with E-state index in [1.54, 1.807) is 6.20 Å². The van der Waals surface area contributed by atoms with Gasteiger partial charge in [-0.15, -0.1) is 0 Å². The van der Waals surface area contributed by atoms with Crippen LogP contribution in [0.3, 0.4) is 0 Å². The highest BCUT2D eigenvalue weighted by Gasteiger charge is 2.36. The molecule has 1 aliphatic rings. The molecule has 2 aromatic heterocycles. The average Bonchev–Trinajstić information content (AvgIpc) is 3.90. The number of imidazole rings is 2. The topological polar surface area (TPSA) is 176 Å². The number of nitrogens with zero attached hydrogens (tertiary/aromatic N) is 4. The number of amides is 3. The summed E-state index contributed by atoms with van der Waals surface area (Å²) in [4.78, 5) is 69.0. The van der Waals surface area contributed by atoms with E-state index in [-0.39, 0.29) is 29.7 Å². The second kappa shape index (κ2) is 16.3. The quantitative estimate of drug-likeness (QED) is 0.0596. The molecule has 3 amide bonds. The molecule has 14 nitrogen and oxygen atoms in total. The molecule has 0 aliphatic carbocycles. The molecule has 1 saturated heterocycles. The Hall–Kier alpha value is -5.50. The van der Waals surface area contributed by atoms with Crippen molar-refractivity contribution in [3.05, 3.63) is 66.7 Å². The highest BCUT2D eigenvalue weighted by Crippen LogP contribution is 2.34. The van der Waals surface area contributed by atoms with E-state index in [9.17, 15) is 14.4 Å². The minimum atomic E-state index is -0.781. The number of ether oxygens (including phenoxy) is 1. The summed E-state index contributed by atoms with van der Waals surface area (Å²) in [5.41, 5.74) is 5.55. The Kier molecular flexibility index (Phi) is 11.6. The molecule has 14 heteroatoms. The Bertz CT molecular complexity index is 1780. The number of hydrogen-bond acceptors (Lipinski definition) is 9. The number of aliphatic imine (C=N–C) groups is 1. The van der Waals surface area contributed by atoms with E-state index in [1.165, 1.54) is 20.6 Å². The molecule has 1 aliphatic heterocycles. The van der Waals surface area contributed by atoms with E-state index in [0.29, 0.717) is 6.54 Å². The molecule has 3 heterocycles. The van der Waals surface area contributed by atoms with Crippen LogP contribution in [0.15, 0.2) is 65.9 Å². The van der Waals surface area contributed by atoms with Gasteiger partial charge in [-0.1, -0.05) is 76.2 Å². The molecule has 1 fully saturated rings. The lowest BCUT2D eigenvalue weighted by molar-refractivity contribution is -0.188. The Morgan fingerprint density at radius 3 is 2.06 bits per heavy atom. The molecular formula is C36H44N8O6. The Morgan fingerprint density at radius 1 is 0.880 bits per heavy atom. The first-order valence-corrected chi connectivity index (χ1v) is 16.6. The molecule has 4 N–H and O–H groups in total. The maximum absolute atomic E-state index is 13.5. The summed E-state index contributed by atoms with van der Waals surface area (Å²) in [6.45, 7) is 8.21. The summed E-state index contributed by atoms with van der Waals surface area (Å²) in [5, 5.41) is 5.27. The summed E-state index contributed by atoms with van der Waals surface area (Å²) in [6.07, 6.45) is 5.65. The second-order valence-electron chi connectivity index (χ2n) is 12.7. The fraction of sp³-hybridized carbons (Fsp3) is 0.389. The predicted molar refractivity (Wildman–Crippen MR) is 189 cm³/mol. The molecule has 50 heavy (non-hydrogen) atoms. The van der Waals surface area contributed by atoms with Gasteiger partial charge in [-0.2, -0.15) is 4.89 Å². The van der Waals surface area contributed by atoms with Crippen molar-refractivity contribution in [3.8, 4) is 33.6 Å². The predicted octanol–water partition coefficient (Wildman–Crippen LogP) is 5.75. The van der Waals surface area contributed by atoms with Crippen LogP contribution in [0.4, 0.5) is 10.7 Å². The standard InChI is InChI=1S/C36H44N8O6/c1-21(2)30(42-36(47)48-5)33(45)43-35-38-19-28(41-35)26-15-11-24(12-16-26)23-9-13-25(14-10-23)27-18-37-32(40-27)29-8-7-17-44(29)34(46)31(22(3)4)39-20-50-49-6/h9-16,18-22,29-31H,7-8,17H2,1-6H3,(H,37,40)(H,42,47)(H2,38,41,43,45)/t29-,30-,31-/m0/s1. The molecule has 0 radical (unpaired) electrons. The van der Waals surface area contributed by atoms with E-state index < -0.39 is 24.1 Å². The van der Waals surface area contributed by atoms with Crippen molar-refractivity contribution in [2.24, 2.45) is 16.8 Å². The maximum Gasteiger partial charge on any atom is 0.407 e. The highest BCUT2D eigenvalue weighted by atomic mass is 17.2. The van der Waals surface area contributed by atoms with Crippen molar-refractivity contribution in [2.75, 3.05) is 26.1 Å². The van der Waals surface area contributed by atoms with Crippen LogP contribution < -0.4 is 10.6 Å². The lowest BCUT2D eigenvalue weighted by atomic mass is 10.0. The number of alkyl carbamates (subject to hydrolysis) is 1. The van der Waals surface area contributed by atoms with Gasteiger partial charge in [0.05, 0.1) is 44.0 Å². The number of anilines is 1. The Labute approximate surface area is 291 Å². The zero-order valence-electron chi connectivity index (χ0n) is 29.1. The van der Waals surface area contributed by atoms with Crippen molar-refractivity contribution >= 4 is 30.3 Å². The van der Waals surface area contributed by atoms with Crippen molar-refractivity contribution in [1.82, 2.24) is 30.2 Å². The van der Waals surface area contributed by atoms with Crippen LogP contribution in [0.25, 0.3) is 33.6 Å². The van der Waals surface area contributed by atoms with Gasteiger partial charge >= 0.3 is 6.09 Å². The summed E-state index contributed by atoms with van der Waals surface area (Å²) in [7, 11) is 2.64. The van der Waals surface area contributed by atoms with Gasteiger partial charge in [-0.05, 0) is 46.9 Å². The van der Waals surface area contributed by atoms with Gasteiger partial charge < -0.3 is 29.8 Å². The number of rotatable bonds is 13. The number of hydrogen-bond donors (Lipinski definition) is 4. The third-order valence-electron chi connectivity index (χ3n) is 8.64. The Balaban J connectivity index is 1.22. The van der Waals surface area contributed by atoms with Gasteiger partial charge in [0, 0.05) is 6.54 Å². The summed E-state index contributed by atoms with van der Waals surface area (Å²) >= 11 is 0. The van der Waals surface area contributed by atoms with Gasteiger partial charge in [0.15, 0.2) is 0 Å². The second-order valence-corrected chi connectivity index (χ2v) is 12.7. The zero-order chi connectivity index (χ0) is 35.8. The number of carbonyl (C=O) groups is 3. The van der Waals surface area contributed by atoms with Crippen molar-refractivity contribution in [1.29, 1.82) is 0 Å². The fourth-order valence-corrected chi connectivity index (χ4v) is 5.92. The van der Waals surface area contributed by atoms with E-state index in [4.69, 9.17) is 4.89 Å². The molecule has 0 spiro atoms. The van der Waals surface area contributed by atoms with Crippen LogP contribution in [0, 0.1) is 11.8 Å². The molecule has 264 valence electrons. The number of carbonyl (C=O) groups excluding carboxylic acids is 3. The SMILES string of the molecule is COOC=N[C@H](C(=O)N1CCC[C@H]1c1ncc(-c2ccc(-c3ccc(-c4cnc(NC(=O)[C@@H](NC(=O)OC)C(C)C)[nH]4)cc3)cc2)[nH]1)C(C)C. The summed E-state index contributed by atoms with van der Waals surface area (Å²) in [6, 6.07) is 14.7. The molecule has 5 rings (SSSR count). The first-order valence-electron chi connectivity index (χ1n) is 16.6. The summed E-state index contributed by atoms with van der Waals surface area (Å²) in [5.74, 6) is 0.400. The van der Waals surface area contributed by atoms with Gasteiger partial charge in [0.1, 0.15) is 17.9 Å². The highest BCUT2D eigenvalue weighted by molar-refractivity contribution is 5.95. The first-order chi connectivity index (χ1) is 24.1. The monoisotopic (exact) mass is 684 g/mol. The van der Waals surface area contributed by atoms with Crippen LogP contribution >= 0.6 is 0 Å². The number of aromatic amines is 2. The lowest BCUT2D eigenvalue weighted by Crippen LogP contribution is -2.47. The molecular weight excluding hydrogens is 640 g/mol. The normalized spacial score (nSPS) is 15.8. The number of aromatic nitrogens is 4. The molecule has 0 unspecified atom stereocenters. The molecule has 2 aromatic carbocycles. The number of likely N-dealkylation sites (tertiary alicyclic amines) is 1. The van der Waals surface area contributed by atoms with Crippen LogP contribution in [0.2, 0.25) is 0 Å². The largest absolute Gasteiger partial charge is 0.453 e. The van der Waals surface area contributed by atoms with Crippen molar-refractivity contribution in [3.63, 3.8) is 0 Å². The lowest BCUT2D eigenvalue weighted by Gasteiger charge is -2.27. The van der Waals surface area contributed by atoms with E-state index in [2.05, 4.69) is 57.3 Å². The zero-order valence-corrected chi connectivity index (χ0v) is 29.1. The van der Waals surface area contributed by atoms with E-state index in [0.717, 1.165) is 52.3 Å². The minimum Gasteiger partial charge on any atom is -0.453 e. The van der Waals surface area contributed by atoms with E-state index in [1.807, 2.05) is 75.2 Å². The number of H-pyrrole nitrogens is 2. The van der Waals surface area contributed by atoms with Gasteiger partial charge in [0.25, 0.3) is 0 Å². The minimum absolute atomic E-state index is 0.0119. The van der Waals surface area contributed by atoms with Gasteiger partial charge in [0.2, 0.25) is 24.2 Å². The molecule has 3 atom stereocenters. The first kappa shape index (κ1) is 35.8. The molecule has 0 saturated carbocycles. The number of nitrogens with one attached hydrogen (secondary N) is 4. The van der Waals surface area contributed by atoms with Crippen LogP contribution in [0.1, 0.15) is 52.4 Å². The van der Waals surface area contributed by atoms with Crippen LogP contribution in [-0.4, -0.2) is 82.0 Å². The van der Waals surface area contributed by atoms with Crippen molar-refractivity contribution in [2.45, 2.75) is 58.7 Å². The summed E-state index contributed by atoms with van der Waals surface area (Å²) < 4.78 is 4.63. The molecule has 0 bridgehead atoms. The van der Waals surface area contributed by atoms with E-state index >= 15 is 0 Å². The number of methoxy groups -OCH3 is 1. The van der Waals surface area contributed by atoms with Gasteiger partial charge in [-0.25, -0.2) is 19.8 Å². The average molecular weight is 685 g/mol. The molecule has 4 aromatic rings. The van der Waals surface area contributed by atoms with Crippen LogP contribution in [-0.2, 0) is 24.1 Å². The smallest absolute Gasteiger partial charge is 0.407 e. The van der Waals surface area contributed by atoms with Crippen molar-refractivity contribution < 1.29 is 28.9 Å². The fourth-order valence-electron chi connectivity index (χ4n) is 5.92.